The molecular formula is C15H23N3O3S2. The first-order valence-electron chi connectivity index (χ1n) is 7.74. The lowest BCUT2D eigenvalue weighted by Crippen LogP contribution is -2.11. The zero-order valence-electron chi connectivity index (χ0n) is 13.2. The predicted molar refractivity (Wildman–Crippen MR) is 93.1 cm³/mol. The highest BCUT2D eigenvalue weighted by atomic mass is 32.2. The molecule has 0 aliphatic heterocycles. The van der Waals surface area contributed by atoms with Crippen molar-refractivity contribution in [3.63, 3.8) is 0 Å². The minimum atomic E-state index is -3.72. The van der Waals surface area contributed by atoms with Crippen LogP contribution in [-0.4, -0.2) is 35.4 Å². The Morgan fingerprint density at radius 3 is 2.74 bits per heavy atom. The average molecular weight is 358 g/mol. The number of primary sulfonamides is 1. The molecule has 0 fully saturated rings. The maximum atomic E-state index is 11.5. The number of aryl methyl sites for hydroxylation is 1. The lowest BCUT2D eigenvalue weighted by molar-refractivity contribution is 0.284. The minimum absolute atomic E-state index is 0.0886. The number of thioether (sulfide) groups is 1. The van der Waals surface area contributed by atoms with Crippen molar-refractivity contribution in [2.45, 2.75) is 49.2 Å². The van der Waals surface area contributed by atoms with Gasteiger partial charge in [0, 0.05) is 18.9 Å². The van der Waals surface area contributed by atoms with E-state index in [2.05, 4.69) is 16.5 Å². The second kappa shape index (κ2) is 8.14. The van der Waals surface area contributed by atoms with Gasteiger partial charge < -0.3 is 9.67 Å². The molecule has 6 nitrogen and oxygen atoms in total. The van der Waals surface area contributed by atoms with Gasteiger partial charge in [-0.05, 0) is 37.5 Å². The Kier molecular flexibility index (Phi) is 6.46. The maximum absolute atomic E-state index is 11.5. The van der Waals surface area contributed by atoms with Gasteiger partial charge in [-0.3, -0.25) is 0 Å². The third-order valence-corrected chi connectivity index (χ3v) is 5.47. The summed E-state index contributed by atoms with van der Waals surface area (Å²) in [6.07, 6.45) is 3.81. The van der Waals surface area contributed by atoms with Crippen molar-refractivity contribution < 1.29 is 13.5 Å². The summed E-state index contributed by atoms with van der Waals surface area (Å²) < 4.78 is 25.1. The summed E-state index contributed by atoms with van der Waals surface area (Å²) in [5, 5.41) is 14.9. The van der Waals surface area contributed by atoms with Crippen molar-refractivity contribution in [2.75, 3.05) is 12.4 Å². The molecule has 1 aromatic heterocycles. The van der Waals surface area contributed by atoms with Crippen LogP contribution in [0.15, 0.2) is 28.3 Å². The molecule has 2 rings (SSSR count). The van der Waals surface area contributed by atoms with Crippen molar-refractivity contribution in [3.05, 3.63) is 18.2 Å². The first-order valence-corrected chi connectivity index (χ1v) is 10.3. The Hall–Kier alpha value is -1.09. The predicted octanol–water partition coefficient (Wildman–Crippen LogP) is 2.35. The molecule has 0 aliphatic carbocycles. The van der Waals surface area contributed by atoms with E-state index in [-0.39, 0.29) is 11.5 Å². The van der Waals surface area contributed by atoms with Crippen LogP contribution in [0.1, 0.15) is 32.6 Å². The molecule has 0 saturated carbocycles. The van der Waals surface area contributed by atoms with Crippen LogP contribution in [-0.2, 0) is 16.6 Å². The normalized spacial score (nSPS) is 12.1. The van der Waals surface area contributed by atoms with Gasteiger partial charge in [0.1, 0.15) is 0 Å². The minimum Gasteiger partial charge on any atom is -0.396 e. The summed E-state index contributed by atoms with van der Waals surface area (Å²) in [5.74, 6) is 0.926. The third kappa shape index (κ3) is 4.69. The number of aromatic nitrogens is 2. The van der Waals surface area contributed by atoms with E-state index in [0.717, 1.165) is 48.7 Å². The molecule has 0 spiro atoms. The first-order chi connectivity index (χ1) is 11.0. The fourth-order valence-electron chi connectivity index (χ4n) is 2.37. The maximum Gasteiger partial charge on any atom is 0.238 e. The Morgan fingerprint density at radius 2 is 2.09 bits per heavy atom. The van der Waals surface area contributed by atoms with E-state index >= 15 is 0 Å². The van der Waals surface area contributed by atoms with Gasteiger partial charge in [-0.1, -0.05) is 25.1 Å². The highest BCUT2D eigenvalue weighted by Crippen LogP contribution is 2.27. The van der Waals surface area contributed by atoms with Gasteiger partial charge in [-0.25, -0.2) is 18.5 Å². The summed E-state index contributed by atoms with van der Waals surface area (Å²) in [6.45, 7) is 3.17. The van der Waals surface area contributed by atoms with Crippen molar-refractivity contribution in [3.8, 4) is 0 Å². The summed E-state index contributed by atoms with van der Waals surface area (Å²) in [6, 6.07) is 4.83. The number of sulfonamides is 1. The van der Waals surface area contributed by atoms with Crippen LogP contribution < -0.4 is 5.14 Å². The number of imidazole rings is 1. The van der Waals surface area contributed by atoms with Gasteiger partial charge in [-0.15, -0.1) is 0 Å². The third-order valence-electron chi connectivity index (χ3n) is 3.49. The molecule has 1 heterocycles. The molecule has 1 aromatic carbocycles. The number of aliphatic hydroxyl groups is 1. The largest absolute Gasteiger partial charge is 0.396 e. The molecule has 0 bridgehead atoms. The Balaban J connectivity index is 2.26. The summed E-state index contributed by atoms with van der Waals surface area (Å²) in [7, 11) is -3.72. The van der Waals surface area contributed by atoms with E-state index in [1.807, 2.05) is 0 Å². The molecule has 8 heteroatoms. The molecular weight excluding hydrogens is 334 g/mol. The van der Waals surface area contributed by atoms with E-state index in [9.17, 15) is 8.42 Å². The molecule has 0 unspecified atom stereocenters. The van der Waals surface area contributed by atoms with Gasteiger partial charge in [0.25, 0.3) is 0 Å². The Bertz CT molecular complexity index is 757. The second-order valence-electron chi connectivity index (χ2n) is 5.37. The number of nitrogens with two attached hydrogens (primary N) is 1. The lowest BCUT2D eigenvalue weighted by Gasteiger charge is -2.07. The molecule has 128 valence electrons. The highest BCUT2D eigenvalue weighted by Gasteiger charge is 2.14. The molecule has 3 N–H and O–H groups in total. The van der Waals surface area contributed by atoms with Gasteiger partial charge in [0.15, 0.2) is 5.16 Å². The van der Waals surface area contributed by atoms with E-state index in [0.29, 0.717) is 5.52 Å². The lowest BCUT2D eigenvalue weighted by atomic mass is 10.3. The molecule has 2 aromatic rings. The zero-order valence-corrected chi connectivity index (χ0v) is 14.9. The molecule has 0 amide bonds. The molecule has 0 aliphatic rings. The molecule has 23 heavy (non-hydrogen) atoms. The zero-order chi connectivity index (χ0) is 16.9. The monoisotopic (exact) mass is 357 g/mol. The highest BCUT2D eigenvalue weighted by molar-refractivity contribution is 7.99. The number of unbranched alkanes of at least 4 members (excludes halogenated alkanes) is 2. The number of hydrogen-bond acceptors (Lipinski definition) is 5. The second-order valence-corrected chi connectivity index (χ2v) is 8.00. The van der Waals surface area contributed by atoms with Crippen LogP contribution >= 0.6 is 11.8 Å². The fraction of sp³-hybridized carbons (Fsp3) is 0.533. The van der Waals surface area contributed by atoms with E-state index in [4.69, 9.17) is 10.2 Å². The van der Waals surface area contributed by atoms with Crippen molar-refractivity contribution in [1.29, 1.82) is 0 Å². The topological polar surface area (TPSA) is 98.2 Å². The van der Waals surface area contributed by atoms with Crippen LogP contribution in [0.3, 0.4) is 0 Å². The van der Waals surface area contributed by atoms with E-state index in [1.165, 1.54) is 12.1 Å². The molecule has 0 atom stereocenters. The number of hydrogen-bond donors (Lipinski definition) is 2. The standard InChI is InChI=1S/C15H23N3O3S2/c1-2-8-18-14-7-6-12(23(16,20)21)11-13(14)17-15(18)22-10-5-3-4-9-19/h6-7,11,19H,2-5,8-10H2,1H3,(H2,16,20,21). The Morgan fingerprint density at radius 1 is 1.30 bits per heavy atom. The van der Waals surface area contributed by atoms with Crippen LogP contribution in [0.5, 0.6) is 0 Å². The summed E-state index contributed by atoms with van der Waals surface area (Å²) in [5.41, 5.74) is 1.58. The van der Waals surface area contributed by atoms with E-state index < -0.39 is 10.0 Å². The van der Waals surface area contributed by atoms with Crippen LogP contribution in [0.4, 0.5) is 0 Å². The van der Waals surface area contributed by atoms with Gasteiger partial charge in [0.2, 0.25) is 10.0 Å². The van der Waals surface area contributed by atoms with Crippen molar-refractivity contribution in [1.82, 2.24) is 9.55 Å². The van der Waals surface area contributed by atoms with Gasteiger partial charge in [0.05, 0.1) is 15.9 Å². The quantitative estimate of drug-likeness (QED) is 0.530. The smallest absolute Gasteiger partial charge is 0.238 e. The average Bonchev–Trinajstić information content (AvgIpc) is 2.84. The van der Waals surface area contributed by atoms with Gasteiger partial charge in [-0.2, -0.15) is 0 Å². The number of nitrogens with zero attached hydrogens (tertiary/aromatic N) is 2. The Labute approximate surface area is 141 Å². The first kappa shape index (κ1) is 18.3. The SMILES string of the molecule is CCCn1c(SCCCCCO)nc2cc(S(N)(=O)=O)ccc21. The van der Waals surface area contributed by atoms with Crippen molar-refractivity contribution in [2.24, 2.45) is 5.14 Å². The molecule has 0 saturated heterocycles. The molecule has 0 radical (unpaired) electrons. The number of fused-ring (bicyclic) bond motifs is 1. The fourth-order valence-corrected chi connectivity index (χ4v) is 3.94. The summed E-state index contributed by atoms with van der Waals surface area (Å²) >= 11 is 1.67. The van der Waals surface area contributed by atoms with Gasteiger partial charge >= 0.3 is 0 Å². The van der Waals surface area contributed by atoms with Crippen LogP contribution in [0.2, 0.25) is 0 Å². The number of rotatable bonds is 9. The van der Waals surface area contributed by atoms with Crippen LogP contribution in [0, 0.1) is 0 Å². The summed E-state index contributed by atoms with van der Waals surface area (Å²) in [4.78, 5) is 4.67. The number of aliphatic hydroxyl groups excluding tert-OH is 1. The van der Waals surface area contributed by atoms with Crippen LogP contribution in [0.25, 0.3) is 11.0 Å². The van der Waals surface area contributed by atoms with Crippen molar-refractivity contribution >= 4 is 32.8 Å². The number of benzene rings is 1. The van der Waals surface area contributed by atoms with E-state index in [1.54, 1.807) is 17.8 Å².